The van der Waals surface area contributed by atoms with Gasteiger partial charge in [0.25, 0.3) is 0 Å². The van der Waals surface area contributed by atoms with Gasteiger partial charge in [0.05, 0.1) is 23.3 Å². The fourth-order valence-corrected chi connectivity index (χ4v) is 2.15. The van der Waals surface area contributed by atoms with E-state index in [1.54, 1.807) is 4.68 Å². The van der Waals surface area contributed by atoms with Crippen LogP contribution in [0.25, 0.3) is 0 Å². The van der Waals surface area contributed by atoms with Crippen molar-refractivity contribution >= 4 is 21.6 Å². The van der Waals surface area contributed by atoms with Gasteiger partial charge >= 0.3 is 0 Å². The number of para-hydroxylation sites is 1. The van der Waals surface area contributed by atoms with E-state index in [0.717, 1.165) is 21.4 Å². The normalized spacial score (nSPS) is 10.5. The number of hydrogen-bond donors (Lipinski definition) is 2. The Morgan fingerprint density at radius 3 is 2.82 bits per heavy atom. The summed E-state index contributed by atoms with van der Waals surface area (Å²) in [5.41, 5.74) is 2.77. The molecule has 4 nitrogen and oxygen atoms in total. The molecule has 2 rings (SSSR count). The Morgan fingerprint density at radius 1 is 1.41 bits per heavy atom. The number of nitrogens with zero attached hydrogens (tertiary/aromatic N) is 2. The molecular weight excluding hydrogens is 282 g/mol. The first-order valence-electron chi connectivity index (χ1n) is 5.31. The van der Waals surface area contributed by atoms with E-state index in [1.165, 1.54) is 0 Å². The number of nitrogens with one attached hydrogen (secondary N) is 1. The monoisotopic (exact) mass is 295 g/mol. The minimum Gasteiger partial charge on any atom is -0.392 e. The molecule has 0 unspecified atom stereocenters. The van der Waals surface area contributed by atoms with Crippen LogP contribution in [-0.2, 0) is 20.2 Å². The van der Waals surface area contributed by atoms with Gasteiger partial charge in [-0.15, -0.1) is 0 Å². The van der Waals surface area contributed by atoms with Crippen LogP contribution in [0.4, 0.5) is 5.69 Å². The van der Waals surface area contributed by atoms with E-state index in [-0.39, 0.29) is 6.61 Å². The molecular formula is C12H14BrN3O. The highest BCUT2D eigenvalue weighted by Gasteiger charge is 2.05. The van der Waals surface area contributed by atoms with E-state index < -0.39 is 0 Å². The predicted molar refractivity (Wildman–Crippen MR) is 70.6 cm³/mol. The van der Waals surface area contributed by atoms with Crippen LogP contribution in [0.15, 0.2) is 34.9 Å². The van der Waals surface area contributed by atoms with E-state index in [0.29, 0.717) is 6.54 Å². The van der Waals surface area contributed by atoms with Crippen molar-refractivity contribution in [3.05, 3.63) is 46.2 Å². The van der Waals surface area contributed by atoms with Crippen molar-refractivity contribution in [1.82, 2.24) is 9.78 Å². The number of halogens is 1. The SMILES string of the molecule is Cn1cc(Br)c(CNc2ccccc2CO)n1. The molecule has 0 radical (unpaired) electrons. The predicted octanol–water partition coefficient (Wildman–Crippen LogP) is 2.29. The molecule has 1 aromatic carbocycles. The minimum atomic E-state index is 0.0343. The molecule has 0 saturated carbocycles. The highest BCUT2D eigenvalue weighted by molar-refractivity contribution is 9.10. The van der Waals surface area contributed by atoms with Gasteiger partial charge in [0.15, 0.2) is 0 Å². The molecule has 0 saturated heterocycles. The molecule has 1 aromatic heterocycles. The third-order valence-corrected chi connectivity index (χ3v) is 3.15. The van der Waals surface area contributed by atoms with Gasteiger partial charge in [-0.2, -0.15) is 5.10 Å². The summed E-state index contributed by atoms with van der Waals surface area (Å²) in [6.07, 6.45) is 1.91. The summed E-state index contributed by atoms with van der Waals surface area (Å²) in [6, 6.07) is 7.70. The number of benzene rings is 1. The lowest BCUT2D eigenvalue weighted by Crippen LogP contribution is -2.04. The maximum absolute atomic E-state index is 9.21. The summed E-state index contributed by atoms with van der Waals surface area (Å²) in [7, 11) is 1.88. The highest BCUT2D eigenvalue weighted by atomic mass is 79.9. The fourth-order valence-electron chi connectivity index (χ4n) is 1.63. The number of hydrogen-bond acceptors (Lipinski definition) is 3. The van der Waals surface area contributed by atoms with Gasteiger partial charge in [-0.25, -0.2) is 0 Å². The van der Waals surface area contributed by atoms with Crippen molar-refractivity contribution < 1.29 is 5.11 Å². The average Bonchev–Trinajstić information content (AvgIpc) is 2.65. The molecule has 0 aliphatic carbocycles. The van der Waals surface area contributed by atoms with E-state index in [1.807, 2.05) is 37.5 Å². The summed E-state index contributed by atoms with van der Waals surface area (Å²) >= 11 is 3.45. The summed E-state index contributed by atoms with van der Waals surface area (Å²) in [5, 5.41) is 16.8. The second-order valence-corrected chi connectivity index (χ2v) is 4.62. The van der Waals surface area contributed by atoms with Crippen molar-refractivity contribution in [1.29, 1.82) is 0 Å². The topological polar surface area (TPSA) is 50.1 Å². The van der Waals surface area contributed by atoms with Crippen molar-refractivity contribution in [2.75, 3.05) is 5.32 Å². The van der Waals surface area contributed by atoms with Crippen molar-refractivity contribution in [3.8, 4) is 0 Å². The van der Waals surface area contributed by atoms with Gasteiger partial charge < -0.3 is 10.4 Å². The Hall–Kier alpha value is -1.33. The lowest BCUT2D eigenvalue weighted by molar-refractivity contribution is 0.282. The molecule has 2 aromatic rings. The second kappa shape index (κ2) is 5.33. The first kappa shape index (κ1) is 12.1. The molecule has 0 aliphatic heterocycles. The van der Waals surface area contributed by atoms with Crippen molar-refractivity contribution in [3.63, 3.8) is 0 Å². The van der Waals surface area contributed by atoms with E-state index >= 15 is 0 Å². The number of aromatic nitrogens is 2. The molecule has 0 fully saturated rings. The smallest absolute Gasteiger partial charge is 0.0957 e. The highest BCUT2D eigenvalue weighted by Crippen LogP contribution is 2.18. The van der Waals surface area contributed by atoms with Gasteiger partial charge in [0.1, 0.15) is 0 Å². The summed E-state index contributed by atoms with van der Waals surface area (Å²) in [5.74, 6) is 0. The van der Waals surface area contributed by atoms with Crippen LogP contribution < -0.4 is 5.32 Å². The molecule has 0 amide bonds. The van der Waals surface area contributed by atoms with Crippen LogP contribution in [0.3, 0.4) is 0 Å². The zero-order chi connectivity index (χ0) is 12.3. The number of aryl methyl sites for hydroxylation is 1. The van der Waals surface area contributed by atoms with Crippen LogP contribution in [0.5, 0.6) is 0 Å². The molecule has 0 spiro atoms. The first-order valence-corrected chi connectivity index (χ1v) is 6.10. The van der Waals surface area contributed by atoms with Gasteiger partial charge in [0, 0.05) is 24.5 Å². The van der Waals surface area contributed by atoms with Gasteiger partial charge in [-0.1, -0.05) is 18.2 Å². The standard InChI is InChI=1S/C12H14BrN3O/c1-16-7-10(13)12(15-16)6-14-11-5-3-2-4-9(11)8-17/h2-5,7,14,17H,6,8H2,1H3. The molecule has 0 bridgehead atoms. The Kier molecular flexibility index (Phi) is 3.81. The zero-order valence-corrected chi connectivity index (χ0v) is 11.1. The largest absolute Gasteiger partial charge is 0.392 e. The van der Waals surface area contributed by atoms with Crippen LogP contribution in [0.2, 0.25) is 0 Å². The molecule has 90 valence electrons. The van der Waals surface area contributed by atoms with Crippen molar-refractivity contribution in [2.24, 2.45) is 7.05 Å². The lowest BCUT2D eigenvalue weighted by Gasteiger charge is -2.09. The van der Waals surface area contributed by atoms with Crippen molar-refractivity contribution in [2.45, 2.75) is 13.2 Å². The maximum atomic E-state index is 9.21. The third kappa shape index (κ3) is 2.87. The molecule has 5 heteroatoms. The van der Waals surface area contributed by atoms with Crippen LogP contribution in [0.1, 0.15) is 11.3 Å². The van der Waals surface area contributed by atoms with E-state index in [4.69, 9.17) is 0 Å². The lowest BCUT2D eigenvalue weighted by atomic mass is 10.2. The van der Waals surface area contributed by atoms with Crippen LogP contribution in [0, 0.1) is 0 Å². The quantitative estimate of drug-likeness (QED) is 0.910. The Bertz CT molecular complexity index is 510. The fraction of sp³-hybridized carbons (Fsp3) is 0.250. The zero-order valence-electron chi connectivity index (χ0n) is 9.52. The molecule has 0 aliphatic rings. The Morgan fingerprint density at radius 2 is 2.18 bits per heavy atom. The Balaban J connectivity index is 2.09. The number of aliphatic hydroxyl groups excluding tert-OH is 1. The summed E-state index contributed by atoms with van der Waals surface area (Å²) < 4.78 is 2.74. The Labute approximate surface area is 108 Å². The van der Waals surface area contributed by atoms with Crippen LogP contribution >= 0.6 is 15.9 Å². The van der Waals surface area contributed by atoms with E-state index in [2.05, 4.69) is 26.3 Å². The van der Waals surface area contributed by atoms with Gasteiger partial charge in [0.2, 0.25) is 0 Å². The number of anilines is 1. The summed E-state index contributed by atoms with van der Waals surface area (Å²) in [6.45, 7) is 0.658. The average molecular weight is 296 g/mol. The molecule has 0 atom stereocenters. The molecule has 17 heavy (non-hydrogen) atoms. The van der Waals surface area contributed by atoms with Crippen LogP contribution in [-0.4, -0.2) is 14.9 Å². The third-order valence-electron chi connectivity index (χ3n) is 2.49. The molecule has 1 heterocycles. The summed E-state index contributed by atoms with van der Waals surface area (Å²) in [4.78, 5) is 0. The first-order chi connectivity index (χ1) is 8.20. The minimum absolute atomic E-state index is 0.0343. The number of aliphatic hydroxyl groups is 1. The maximum Gasteiger partial charge on any atom is 0.0957 e. The molecule has 2 N–H and O–H groups in total. The van der Waals surface area contributed by atoms with Gasteiger partial charge in [-0.05, 0) is 22.0 Å². The van der Waals surface area contributed by atoms with Gasteiger partial charge in [-0.3, -0.25) is 4.68 Å². The van der Waals surface area contributed by atoms with E-state index in [9.17, 15) is 5.11 Å². The second-order valence-electron chi connectivity index (χ2n) is 3.77. The number of rotatable bonds is 4.